The molecule has 0 aliphatic carbocycles. The van der Waals surface area contributed by atoms with Gasteiger partial charge in [0.1, 0.15) is 6.61 Å². The first kappa shape index (κ1) is 24.3. The van der Waals surface area contributed by atoms with Gasteiger partial charge in [0, 0.05) is 22.2 Å². The highest BCUT2D eigenvalue weighted by Gasteiger charge is 2.67. The number of amides is 1. The zero-order valence-corrected chi connectivity index (χ0v) is 21.7. The van der Waals surface area contributed by atoms with Gasteiger partial charge in [0.05, 0.1) is 17.5 Å². The highest BCUT2D eigenvalue weighted by atomic mass is 79.9. The monoisotopic (exact) mass is 551 g/mol. The van der Waals surface area contributed by atoms with E-state index >= 15 is 0 Å². The molecule has 0 bridgehead atoms. The zero-order valence-electron chi connectivity index (χ0n) is 20.1. The number of nitrogens with zero attached hydrogens (tertiary/aromatic N) is 1. The number of ether oxygens (including phenoxy) is 2. The standard InChI is InChI=1S/C27H26BrN3O5/c1-15-8-10-17(11-9-15)14-36-24-20(28)12-18(13-22(24)35-3)23-16(2)30-27(25(23)31(33)34)19-6-4-5-7-21(19)29-26(27)32/h4-13,16,23,25,30H,14H2,1-3H3,(H,29,32)/t16-,23-,25-,27-/m0/s1. The molecule has 9 heteroatoms. The molecule has 5 rings (SSSR count). The summed E-state index contributed by atoms with van der Waals surface area (Å²) in [5, 5.41) is 18.7. The van der Waals surface area contributed by atoms with E-state index in [-0.39, 0.29) is 11.0 Å². The molecule has 0 aromatic heterocycles. The molecule has 0 unspecified atom stereocenters. The summed E-state index contributed by atoms with van der Waals surface area (Å²) in [5.41, 5.74) is 2.57. The van der Waals surface area contributed by atoms with E-state index in [0.717, 1.165) is 11.1 Å². The van der Waals surface area contributed by atoms with Crippen LogP contribution < -0.4 is 20.1 Å². The molecule has 2 heterocycles. The Bertz CT molecular complexity index is 1350. The summed E-state index contributed by atoms with van der Waals surface area (Å²) in [6.45, 7) is 4.23. The smallest absolute Gasteiger partial charge is 0.256 e. The first-order chi connectivity index (χ1) is 17.3. The Morgan fingerprint density at radius 2 is 1.86 bits per heavy atom. The fourth-order valence-electron chi connectivity index (χ4n) is 5.47. The molecule has 36 heavy (non-hydrogen) atoms. The molecule has 1 fully saturated rings. The number of benzene rings is 3. The molecule has 2 N–H and O–H groups in total. The summed E-state index contributed by atoms with van der Waals surface area (Å²) < 4.78 is 12.3. The minimum atomic E-state index is -1.47. The number of anilines is 1. The lowest BCUT2D eigenvalue weighted by atomic mass is 9.78. The van der Waals surface area contributed by atoms with Crippen molar-refractivity contribution in [2.45, 2.75) is 44.0 Å². The van der Waals surface area contributed by atoms with Gasteiger partial charge >= 0.3 is 0 Å². The molecule has 0 radical (unpaired) electrons. The molecular weight excluding hydrogens is 526 g/mol. The van der Waals surface area contributed by atoms with Crippen molar-refractivity contribution in [1.82, 2.24) is 5.32 Å². The van der Waals surface area contributed by atoms with Crippen molar-refractivity contribution in [2.75, 3.05) is 12.4 Å². The maximum Gasteiger partial charge on any atom is 0.256 e. The quantitative estimate of drug-likeness (QED) is 0.333. The molecule has 3 aromatic rings. The van der Waals surface area contributed by atoms with Crippen LogP contribution in [0.5, 0.6) is 11.5 Å². The van der Waals surface area contributed by atoms with Crippen LogP contribution >= 0.6 is 15.9 Å². The van der Waals surface area contributed by atoms with Crippen LogP contribution in [-0.4, -0.2) is 30.0 Å². The predicted octanol–water partition coefficient (Wildman–Crippen LogP) is 4.91. The maximum absolute atomic E-state index is 13.2. The van der Waals surface area contributed by atoms with E-state index in [2.05, 4.69) is 26.6 Å². The number of aryl methyl sites for hydroxylation is 1. The summed E-state index contributed by atoms with van der Waals surface area (Å²) in [6, 6.07) is 17.2. The van der Waals surface area contributed by atoms with E-state index in [9.17, 15) is 14.9 Å². The van der Waals surface area contributed by atoms with Crippen LogP contribution in [0.2, 0.25) is 0 Å². The highest BCUT2D eigenvalue weighted by molar-refractivity contribution is 9.10. The van der Waals surface area contributed by atoms with E-state index in [4.69, 9.17) is 9.47 Å². The summed E-state index contributed by atoms with van der Waals surface area (Å²) in [4.78, 5) is 25.5. The molecular formula is C27H26BrN3O5. The normalized spacial score (nSPS) is 24.4. The number of rotatable bonds is 6. The second-order valence-corrected chi connectivity index (χ2v) is 10.2. The van der Waals surface area contributed by atoms with Gasteiger partial charge < -0.3 is 14.8 Å². The molecule has 0 saturated carbocycles. The molecule has 1 spiro atoms. The lowest BCUT2D eigenvalue weighted by molar-refractivity contribution is -0.532. The van der Waals surface area contributed by atoms with E-state index in [1.165, 1.54) is 7.11 Å². The topological polar surface area (TPSA) is 103 Å². The van der Waals surface area contributed by atoms with Crippen LogP contribution in [0.3, 0.4) is 0 Å². The van der Waals surface area contributed by atoms with E-state index < -0.39 is 23.4 Å². The second-order valence-electron chi connectivity index (χ2n) is 9.31. The minimum absolute atomic E-state index is 0.341. The average Bonchev–Trinajstić information content (AvgIpc) is 3.32. The third kappa shape index (κ3) is 3.83. The highest BCUT2D eigenvalue weighted by Crippen LogP contribution is 2.51. The van der Waals surface area contributed by atoms with E-state index in [0.29, 0.717) is 39.4 Å². The maximum atomic E-state index is 13.2. The van der Waals surface area contributed by atoms with Gasteiger partial charge in [0.25, 0.3) is 11.9 Å². The number of carbonyl (C=O) groups excluding carboxylic acids is 1. The SMILES string of the molecule is COc1cc([C@@H]2[C@H](C)N[C@]3(C(=O)Nc4ccccc43)[C@H]2[N+](=O)[O-])cc(Br)c1OCc1ccc(C)cc1. The fraction of sp³-hybridized carbons (Fsp3) is 0.296. The number of hydrogen-bond donors (Lipinski definition) is 2. The van der Waals surface area contributed by atoms with Crippen molar-refractivity contribution in [2.24, 2.45) is 0 Å². The van der Waals surface area contributed by atoms with Crippen LogP contribution in [0, 0.1) is 17.0 Å². The van der Waals surface area contributed by atoms with Gasteiger partial charge in [-0.2, -0.15) is 0 Å². The molecule has 8 nitrogen and oxygen atoms in total. The first-order valence-electron chi connectivity index (χ1n) is 11.6. The Morgan fingerprint density at radius 3 is 2.56 bits per heavy atom. The Morgan fingerprint density at radius 1 is 1.14 bits per heavy atom. The molecule has 4 atom stereocenters. The fourth-order valence-corrected chi connectivity index (χ4v) is 6.04. The molecule has 2 aliphatic rings. The Labute approximate surface area is 217 Å². The molecule has 2 aliphatic heterocycles. The number of halogens is 1. The van der Waals surface area contributed by atoms with Crippen molar-refractivity contribution in [3.05, 3.63) is 97.5 Å². The van der Waals surface area contributed by atoms with Crippen molar-refractivity contribution < 1.29 is 19.2 Å². The van der Waals surface area contributed by atoms with Crippen molar-refractivity contribution >= 4 is 27.5 Å². The number of hydrogen-bond acceptors (Lipinski definition) is 6. The van der Waals surface area contributed by atoms with Gasteiger partial charge in [-0.25, -0.2) is 0 Å². The third-order valence-corrected chi connectivity index (χ3v) is 7.69. The van der Waals surface area contributed by atoms with Gasteiger partial charge in [0.15, 0.2) is 17.0 Å². The Hall–Kier alpha value is -3.43. The van der Waals surface area contributed by atoms with Gasteiger partial charge in [-0.1, -0.05) is 48.0 Å². The largest absolute Gasteiger partial charge is 0.493 e. The van der Waals surface area contributed by atoms with E-state index in [1.54, 1.807) is 30.3 Å². The van der Waals surface area contributed by atoms with Crippen LogP contribution in [0.1, 0.15) is 35.1 Å². The number of para-hydroxylation sites is 1. The summed E-state index contributed by atoms with van der Waals surface area (Å²) in [5.74, 6) is -0.0492. The third-order valence-electron chi connectivity index (χ3n) is 7.10. The average molecular weight is 552 g/mol. The molecule has 3 aromatic carbocycles. The summed E-state index contributed by atoms with van der Waals surface area (Å²) in [7, 11) is 1.54. The lowest BCUT2D eigenvalue weighted by Crippen LogP contribution is -2.54. The van der Waals surface area contributed by atoms with Gasteiger partial charge in [-0.3, -0.25) is 20.2 Å². The molecule has 186 valence electrons. The Balaban J connectivity index is 1.53. The number of methoxy groups -OCH3 is 1. The summed E-state index contributed by atoms with van der Waals surface area (Å²) >= 11 is 3.59. The van der Waals surface area contributed by atoms with Crippen molar-refractivity contribution in [3.8, 4) is 11.5 Å². The Kier molecular flexibility index (Phi) is 6.22. The molecule has 1 amide bonds. The predicted molar refractivity (Wildman–Crippen MR) is 139 cm³/mol. The van der Waals surface area contributed by atoms with Gasteiger partial charge in [-0.15, -0.1) is 0 Å². The summed E-state index contributed by atoms with van der Waals surface area (Å²) in [6.07, 6.45) is 0. The number of fused-ring (bicyclic) bond motifs is 2. The number of carbonyl (C=O) groups is 1. The van der Waals surface area contributed by atoms with Crippen LogP contribution in [0.25, 0.3) is 0 Å². The second kappa shape index (κ2) is 9.22. The van der Waals surface area contributed by atoms with Crippen molar-refractivity contribution in [3.63, 3.8) is 0 Å². The lowest BCUT2D eigenvalue weighted by Gasteiger charge is -2.25. The van der Waals surface area contributed by atoms with Gasteiger partial charge in [0.2, 0.25) is 0 Å². The minimum Gasteiger partial charge on any atom is -0.493 e. The number of nitrogens with one attached hydrogen (secondary N) is 2. The zero-order chi connectivity index (χ0) is 25.6. The van der Waals surface area contributed by atoms with Gasteiger partial charge in [-0.05, 0) is 59.1 Å². The van der Waals surface area contributed by atoms with E-state index in [1.807, 2.05) is 44.2 Å². The first-order valence-corrected chi connectivity index (χ1v) is 12.4. The van der Waals surface area contributed by atoms with Crippen molar-refractivity contribution in [1.29, 1.82) is 0 Å². The van der Waals surface area contributed by atoms with Crippen LogP contribution in [0.4, 0.5) is 5.69 Å². The number of nitro groups is 1. The van der Waals surface area contributed by atoms with Crippen LogP contribution in [-0.2, 0) is 16.9 Å². The molecule has 1 saturated heterocycles. The van der Waals surface area contributed by atoms with Crippen LogP contribution in [0.15, 0.2) is 65.1 Å².